The van der Waals surface area contributed by atoms with E-state index in [-0.39, 0.29) is 11.7 Å². The normalized spacial score (nSPS) is 16.5. The molecular weight excluding hydrogens is 444 g/mol. The van der Waals surface area contributed by atoms with Gasteiger partial charge in [0.2, 0.25) is 5.16 Å². The van der Waals surface area contributed by atoms with Crippen LogP contribution in [0, 0.1) is 0 Å². The zero-order valence-corrected chi connectivity index (χ0v) is 18.1. The largest absolute Gasteiger partial charge is 0.376 e. The molecule has 3 aromatic heterocycles. The molecule has 1 aliphatic heterocycles. The average molecular weight is 461 g/mol. The van der Waals surface area contributed by atoms with Gasteiger partial charge in [-0.25, -0.2) is 9.67 Å². The Bertz CT molecular complexity index is 1250. The third kappa shape index (κ3) is 3.87. The number of hydrogen-bond donors (Lipinski definition) is 1. The Hall–Kier alpha value is -2.27. The molecule has 8 nitrogen and oxygen atoms in total. The second-order valence-corrected chi connectivity index (χ2v) is 9.10. The first kappa shape index (κ1) is 19.7. The number of thioether (sulfide) groups is 1. The molecule has 1 fully saturated rings. The number of halogens is 1. The molecule has 1 aliphatic rings. The summed E-state index contributed by atoms with van der Waals surface area (Å²) >= 11 is 9.19. The van der Waals surface area contributed by atoms with Crippen molar-refractivity contribution in [2.75, 3.05) is 6.61 Å². The van der Waals surface area contributed by atoms with Crippen molar-refractivity contribution in [1.82, 2.24) is 30.2 Å². The Kier molecular flexibility index (Phi) is 5.55. The van der Waals surface area contributed by atoms with Gasteiger partial charge in [0.25, 0.3) is 5.56 Å². The molecule has 0 unspecified atom stereocenters. The quantitative estimate of drug-likeness (QED) is 0.437. The van der Waals surface area contributed by atoms with Crippen LogP contribution in [0.2, 0.25) is 5.02 Å². The van der Waals surface area contributed by atoms with E-state index < -0.39 is 0 Å². The van der Waals surface area contributed by atoms with Crippen LogP contribution >= 0.6 is 34.7 Å². The molecular formula is C19H17ClN6O2S2. The first-order chi connectivity index (χ1) is 14.7. The fourth-order valence-corrected chi connectivity index (χ4v) is 5.42. The summed E-state index contributed by atoms with van der Waals surface area (Å²) in [7, 11) is 0. The number of fused-ring (bicyclic) bond motifs is 1. The number of rotatable bonds is 6. The third-order valence-corrected chi connectivity index (χ3v) is 7.06. The van der Waals surface area contributed by atoms with Crippen LogP contribution in [0.1, 0.15) is 18.7 Å². The molecule has 5 rings (SSSR count). The minimum absolute atomic E-state index is 0.150. The van der Waals surface area contributed by atoms with Gasteiger partial charge in [-0.15, -0.1) is 16.4 Å². The lowest BCUT2D eigenvalue weighted by molar-refractivity contribution is 0.0912. The van der Waals surface area contributed by atoms with Gasteiger partial charge in [-0.2, -0.15) is 0 Å². The van der Waals surface area contributed by atoms with Crippen LogP contribution in [0.4, 0.5) is 0 Å². The van der Waals surface area contributed by atoms with Gasteiger partial charge in [0.05, 0.1) is 23.8 Å². The molecule has 154 valence electrons. The van der Waals surface area contributed by atoms with E-state index in [1.165, 1.54) is 23.1 Å². The molecule has 0 aliphatic carbocycles. The smallest absolute Gasteiger partial charge is 0.260 e. The maximum atomic E-state index is 12.8. The van der Waals surface area contributed by atoms with Gasteiger partial charge < -0.3 is 9.72 Å². The molecule has 1 atom stereocenters. The summed E-state index contributed by atoms with van der Waals surface area (Å²) in [5.74, 6) is 1.04. The second-order valence-electron chi connectivity index (χ2n) is 6.89. The van der Waals surface area contributed by atoms with E-state index in [0.29, 0.717) is 38.5 Å². The van der Waals surface area contributed by atoms with Crippen LogP contribution in [0.3, 0.4) is 0 Å². The molecule has 30 heavy (non-hydrogen) atoms. The number of tetrazole rings is 1. The van der Waals surface area contributed by atoms with Gasteiger partial charge in [0.1, 0.15) is 10.7 Å². The molecule has 0 saturated carbocycles. The van der Waals surface area contributed by atoms with Gasteiger partial charge >= 0.3 is 0 Å². The highest BCUT2D eigenvalue weighted by molar-refractivity contribution is 7.98. The molecule has 0 spiro atoms. The van der Waals surface area contributed by atoms with Crippen LogP contribution in [0.25, 0.3) is 21.3 Å². The molecule has 0 radical (unpaired) electrons. The highest BCUT2D eigenvalue weighted by Gasteiger charge is 2.20. The molecule has 4 aromatic rings. The highest BCUT2D eigenvalue weighted by atomic mass is 35.5. The van der Waals surface area contributed by atoms with Crippen molar-refractivity contribution in [2.45, 2.75) is 36.4 Å². The zero-order chi connectivity index (χ0) is 20.5. The number of aromatic nitrogens is 6. The number of benzene rings is 1. The zero-order valence-electron chi connectivity index (χ0n) is 15.7. The highest BCUT2D eigenvalue weighted by Crippen LogP contribution is 2.35. The van der Waals surface area contributed by atoms with E-state index >= 15 is 0 Å². The van der Waals surface area contributed by atoms with Gasteiger partial charge in [-0.3, -0.25) is 4.79 Å². The SMILES string of the molecule is O=c1[nH]c(CSc2nnnn2C[C@H]2CCCO2)nc2scc(-c3ccccc3Cl)c12. The maximum Gasteiger partial charge on any atom is 0.260 e. The molecule has 11 heteroatoms. The number of nitrogens with zero attached hydrogens (tertiary/aromatic N) is 5. The van der Waals surface area contributed by atoms with E-state index in [1.807, 2.05) is 29.6 Å². The van der Waals surface area contributed by atoms with Crippen LogP contribution in [0.5, 0.6) is 0 Å². The average Bonchev–Trinajstić information content (AvgIpc) is 3.49. The Labute approximate surface area is 184 Å². The first-order valence-electron chi connectivity index (χ1n) is 9.45. The summed E-state index contributed by atoms with van der Waals surface area (Å²) in [4.78, 5) is 21.0. The summed E-state index contributed by atoms with van der Waals surface area (Å²) in [5, 5.41) is 15.7. The van der Waals surface area contributed by atoms with E-state index in [0.717, 1.165) is 30.6 Å². The predicted octanol–water partition coefficient (Wildman–Crippen LogP) is 3.76. The van der Waals surface area contributed by atoms with E-state index in [4.69, 9.17) is 16.3 Å². The third-order valence-electron chi connectivity index (χ3n) is 4.89. The summed E-state index contributed by atoms with van der Waals surface area (Å²) in [6, 6.07) is 7.48. The Morgan fingerprint density at radius 3 is 3.07 bits per heavy atom. The first-order valence-corrected chi connectivity index (χ1v) is 11.7. The van der Waals surface area contributed by atoms with Crippen LogP contribution in [-0.4, -0.2) is 42.9 Å². The molecule has 0 amide bonds. The predicted molar refractivity (Wildman–Crippen MR) is 117 cm³/mol. The second kappa shape index (κ2) is 8.46. The van der Waals surface area contributed by atoms with E-state index in [1.54, 1.807) is 4.68 Å². The van der Waals surface area contributed by atoms with Gasteiger partial charge in [-0.05, 0) is 29.3 Å². The molecule has 1 aromatic carbocycles. The van der Waals surface area contributed by atoms with Gasteiger partial charge in [-0.1, -0.05) is 41.6 Å². The van der Waals surface area contributed by atoms with Crippen molar-refractivity contribution in [3.63, 3.8) is 0 Å². The minimum atomic E-state index is -0.175. The number of ether oxygens (including phenoxy) is 1. The lowest BCUT2D eigenvalue weighted by Gasteiger charge is -2.09. The summed E-state index contributed by atoms with van der Waals surface area (Å²) in [6.45, 7) is 1.42. The van der Waals surface area contributed by atoms with E-state index in [2.05, 4.69) is 25.5 Å². The summed E-state index contributed by atoms with van der Waals surface area (Å²) in [5.41, 5.74) is 1.45. The topological polar surface area (TPSA) is 98.6 Å². The van der Waals surface area contributed by atoms with Gasteiger partial charge in [0, 0.05) is 28.1 Å². The molecule has 1 N–H and O–H groups in total. The van der Waals surface area contributed by atoms with Crippen LogP contribution in [0.15, 0.2) is 39.6 Å². The van der Waals surface area contributed by atoms with Gasteiger partial charge in [0.15, 0.2) is 0 Å². The Morgan fingerprint density at radius 2 is 2.23 bits per heavy atom. The molecule has 1 saturated heterocycles. The number of H-pyrrole nitrogens is 1. The number of thiophene rings is 1. The number of nitrogens with one attached hydrogen (secondary N) is 1. The molecule has 0 bridgehead atoms. The minimum Gasteiger partial charge on any atom is -0.376 e. The summed E-state index contributed by atoms with van der Waals surface area (Å²) < 4.78 is 7.41. The Balaban J connectivity index is 1.37. The number of hydrogen-bond acceptors (Lipinski definition) is 8. The Morgan fingerprint density at radius 1 is 1.33 bits per heavy atom. The van der Waals surface area contributed by atoms with Crippen molar-refractivity contribution < 1.29 is 4.74 Å². The lowest BCUT2D eigenvalue weighted by Crippen LogP contribution is -2.17. The van der Waals surface area contributed by atoms with Crippen molar-refractivity contribution in [2.24, 2.45) is 0 Å². The molecule has 4 heterocycles. The fraction of sp³-hybridized carbons (Fsp3) is 0.316. The monoisotopic (exact) mass is 460 g/mol. The van der Waals surface area contributed by atoms with Crippen molar-refractivity contribution >= 4 is 44.9 Å². The number of aromatic amines is 1. The van der Waals surface area contributed by atoms with Crippen LogP contribution in [-0.2, 0) is 17.0 Å². The van der Waals surface area contributed by atoms with Crippen molar-refractivity contribution in [1.29, 1.82) is 0 Å². The van der Waals surface area contributed by atoms with Crippen molar-refractivity contribution in [3.8, 4) is 11.1 Å². The van der Waals surface area contributed by atoms with E-state index in [9.17, 15) is 4.79 Å². The van der Waals surface area contributed by atoms with Crippen molar-refractivity contribution in [3.05, 3.63) is 50.8 Å². The maximum absolute atomic E-state index is 12.8. The summed E-state index contributed by atoms with van der Waals surface area (Å²) in [6.07, 6.45) is 2.23. The fourth-order valence-electron chi connectivity index (χ4n) is 3.47. The lowest BCUT2D eigenvalue weighted by atomic mass is 10.1. The van der Waals surface area contributed by atoms with Crippen LogP contribution < -0.4 is 5.56 Å². The standard InChI is InChI=1S/C19H17ClN6O2S2/c20-14-6-2-1-5-12(14)13-9-29-18-16(13)17(27)21-15(22-18)10-30-19-23-24-25-26(19)8-11-4-3-7-28-11/h1-2,5-6,9,11H,3-4,7-8,10H2,(H,21,22,27)/t11-/m1/s1.